The van der Waals surface area contributed by atoms with Crippen LogP contribution in [0.5, 0.6) is 0 Å². The van der Waals surface area contributed by atoms with E-state index in [2.05, 4.69) is 20.0 Å². The van der Waals surface area contributed by atoms with E-state index in [4.69, 9.17) is 0 Å². The smallest absolute Gasteiger partial charge is 0.423 e. The van der Waals surface area contributed by atoms with Crippen molar-refractivity contribution in [1.82, 2.24) is 14.7 Å². The molecule has 0 atom stereocenters. The summed E-state index contributed by atoms with van der Waals surface area (Å²) >= 11 is 0. The first-order chi connectivity index (χ1) is 14.9. The number of hydrogen-bond donors (Lipinski definition) is 1. The minimum Gasteiger partial charge on any atom is -0.423 e. The van der Waals surface area contributed by atoms with E-state index in [-0.39, 0.29) is 46.4 Å². The third kappa shape index (κ3) is 7.51. The number of anilines is 1. The van der Waals surface area contributed by atoms with Crippen molar-refractivity contribution in [3.05, 3.63) is 45.6 Å². The molecule has 0 spiro atoms. The fourth-order valence-corrected chi connectivity index (χ4v) is 4.29. The Kier molecular flexibility index (Phi) is 11.0. The third-order valence-corrected chi connectivity index (χ3v) is 6.48. The zero-order valence-corrected chi connectivity index (χ0v) is 23.6. The van der Waals surface area contributed by atoms with Gasteiger partial charge in [-0.25, -0.2) is 12.8 Å². The SMILES string of the molecule is CCN(CC)Cc1cc(S(=O)(=O)[N-]C(=O)Nc2c(C(C)C)cc(F)cc2C(C)C)nn1C.[Na+]. The molecule has 0 saturated heterocycles. The summed E-state index contributed by atoms with van der Waals surface area (Å²) in [5.41, 5.74) is 2.25. The second-order valence-corrected chi connectivity index (χ2v) is 9.88. The number of carbonyl (C=O) groups is 1. The van der Waals surface area contributed by atoms with E-state index in [9.17, 15) is 17.6 Å². The van der Waals surface area contributed by atoms with Gasteiger partial charge in [0, 0.05) is 13.6 Å². The van der Waals surface area contributed by atoms with Gasteiger partial charge in [0.05, 0.1) is 5.69 Å². The largest absolute Gasteiger partial charge is 1.00 e. The van der Waals surface area contributed by atoms with Crippen molar-refractivity contribution in [2.45, 2.75) is 64.9 Å². The predicted molar refractivity (Wildman–Crippen MR) is 124 cm³/mol. The summed E-state index contributed by atoms with van der Waals surface area (Å²) in [5, 5.41) is 6.33. The number of amides is 2. The molecule has 11 heteroatoms. The molecule has 0 fully saturated rings. The molecule has 0 radical (unpaired) electrons. The van der Waals surface area contributed by atoms with Gasteiger partial charge in [0.2, 0.25) is 10.0 Å². The van der Waals surface area contributed by atoms with Crippen molar-refractivity contribution in [2.75, 3.05) is 18.4 Å². The van der Waals surface area contributed by atoms with Gasteiger partial charge in [0.15, 0.2) is 11.1 Å². The molecule has 0 saturated carbocycles. The minimum absolute atomic E-state index is 0. The summed E-state index contributed by atoms with van der Waals surface area (Å²) < 4.78 is 44.5. The quantitative estimate of drug-likeness (QED) is 0.543. The molecule has 0 aliphatic heterocycles. The Morgan fingerprint density at radius 1 is 1.12 bits per heavy atom. The van der Waals surface area contributed by atoms with Gasteiger partial charge in [0.1, 0.15) is 5.82 Å². The van der Waals surface area contributed by atoms with Crippen LogP contribution in [0.4, 0.5) is 14.9 Å². The number of urea groups is 1. The Hall–Kier alpha value is -1.46. The molecular weight excluding hydrogens is 456 g/mol. The third-order valence-electron chi connectivity index (χ3n) is 5.34. The summed E-state index contributed by atoms with van der Waals surface area (Å²) in [6, 6.07) is 3.08. The van der Waals surface area contributed by atoms with Crippen LogP contribution < -0.4 is 34.9 Å². The number of sulfonamides is 1. The Morgan fingerprint density at radius 3 is 2.09 bits per heavy atom. The molecule has 0 bridgehead atoms. The fraction of sp³-hybridized carbons (Fsp3) is 0.545. The maximum atomic E-state index is 14.1. The van der Waals surface area contributed by atoms with E-state index in [1.165, 1.54) is 22.9 Å². The molecule has 8 nitrogen and oxygen atoms in total. The summed E-state index contributed by atoms with van der Waals surface area (Å²) in [6.45, 7) is 13.7. The first kappa shape index (κ1) is 29.6. The first-order valence-electron chi connectivity index (χ1n) is 10.8. The van der Waals surface area contributed by atoms with Gasteiger partial charge in [0.25, 0.3) is 0 Å². The van der Waals surface area contributed by atoms with Crippen molar-refractivity contribution in [3.63, 3.8) is 0 Å². The number of nitrogens with one attached hydrogen (secondary N) is 1. The number of halogens is 1. The van der Waals surface area contributed by atoms with Gasteiger partial charge in [-0.05, 0) is 59.9 Å². The maximum Gasteiger partial charge on any atom is 1.00 e. The van der Waals surface area contributed by atoms with Crippen LogP contribution in [-0.2, 0) is 23.6 Å². The molecule has 0 unspecified atom stereocenters. The summed E-state index contributed by atoms with van der Waals surface area (Å²) in [4.78, 5) is 14.7. The molecular formula is C22H33FN5NaO3S. The monoisotopic (exact) mass is 489 g/mol. The standard InChI is InChI=1S/C22H34FN5O3S.Na/c1-8-28(9-2)13-17-12-20(25-27(17)7)32(30,31)26-22(29)24-21-18(14(3)4)10-16(23)11-19(21)15(5)6;/h10-12,14-15H,8-9,13H2,1-7H3,(H2,24,26,29);/q;+1/p-1. The fourth-order valence-electron chi connectivity index (χ4n) is 3.42. The molecule has 178 valence electrons. The molecule has 0 aliphatic rings. The van der Waals surface area contributed by atoms with Crippen molar-refractivity contribution in [1.29, 1.82) is 0 Å². The van der Waals surface area contributed by atoms with Crippen LogP contribution in [0.3, 0.4) is 0 Å². The van der Waals surface area contributed by atoms with E-state index in [1.807, 2.05) is 41.5 Å². The van der Waals surface area contributed by atoms with E-state index in [1.54, 1.807) is 7.05 Å². The molecule has 1 N–H and O–H groups in total. The van der Waals surface area contributed by atoms with Crippen molar-refractivity contribution in [2.24, 2.45) is 7.05 Å². The van der Waals surface area contributed by atoms with Gasteiger partial charge in [-0.1, -0.05) is 41.5 Å². The molecule has 1 aromatic heterocycles. The van der Waals surface area contributed by atoms with E-state index < -0.39 is 21.9 Å². The van der Waals surface area contributed by atoms with E-state index in [0.717, 1.165) is 13.1 Å². The molecule has 2 rings (SSSR count). The van der Waals surface area contributed by atoms with Gasteiger partial charge in [-0.15, -0.1) is 0 Å². The summed E-state index contributed by atoms with van der Waals surface area (Å²) in [6.07, 6.45) is 0. The summed E-state index contributed by atoms with van der Waals surface area (Å²) in [7, 11) is -2.66. The molecule has 1 aromatic carbocycles. The average molecular weight is 490 g/mol. The molecule has 0 aliphatic carbocycles. The Balaban J connectivity index is 0.00000544. The van der Waals surface area contributed by atoms with Crippen LogP contribution in [0.2, 0.25) is 0 Å². The Bertz CT molecular complexity index is 1040. The number of nitrogens with zero attached hydrogens (tertiary/aromatic N) is 4. The van der Waals surface area contributed by atoms with Crippen molar-refractivity contribution in [3.8, 4) is 0 Å². The van der Waals surface area contributed by atoms with Gasteiger partial charge in [-0.3, -0.25) is 14.4 Å². The van der Waals surface area contributed by atoms with Crippen LogP contribution in [0, 0.1) is 5.82 Å². The molecule has 2 amide bonds. The zero-order chi connectivity index (χ0) is 24.2. The Morgan fingerprint density at radius 2 is 1.64 bits per heavy atom. The van der Waals surface area contributed by atoms with Gasteiger partial charge in [-0.2, -0.15) is 5.10 Å². The van der Waals surface area contributed by atoms with E-state index in [0.29, 0.717) is 29.1 Å². The van der Waals surface area contributed by atoms with Crippen molar-refractivity contribution >= 4 is 21.7 Å². The topological polar surface area (TPSA) is 98.4 Å². The van der Waals surface area contributed by atoms with Gasteiger partial charge < -0.3 is 10.0 Å². The molecule has 2 aromatic rings. The Labute approximate surface area is 218 Å². The molecule has 33 heavy (non-hydrogen) atoms. The van der Waals surface area contributed by atoms with Crippen LogP contribution in [-0.4, -0.2) is 42.2 Å². The number of aryl methyl sites for hydroxylation is 1. The van der Waals surface area contributed by atoms with Crippen molar-refractivity contribution < 1.29 is 47.2 Å². The number of hydrogen-bond acceptors (Lipinski definition) is 5. The first-order valence-corrected chi connectivity index (χ1v) is 12.2. The second kappa shape index (κ2) is 12.3. The summed E-state index contributed by atoms with van der Waals surface area (Å²) in [5.74, 6) is -0.587. The number of rotatable bonds is 9. The number of carbonyl (C=O) groups excluding carboxylic acids is 1. The van der Waals surface area contributed by atoms with Crippen LogP contribution in [0.15, 0.2) is 23.2 Å². The normalized spacial score (nSPS) is 11.7. The van der Waals surface area contributed by atoms with Crippen LogP contribution in [0.25, 0.3) is 4.72 Å². The number of aromatic nitrogens is 2. The maximum absolute atomic E-state index is 14.1. The van der Waals surface area contributed by atoms with Crippen LogP contribution in [0.1, 0.15) is 70.2 Å². The van der Waals surface area contributed by atoms with Gasteiger partial charge >= 0.3 is 29.6 Å². The zero-order valence-electron chi connectivity index (χ0n) is 20.8. The van der Waals surface area contributed by atoms with E-state index >= 15 is 0 Å². The average Bonchev–Trinajstić information content (AvgIpc) is 3.07. The van der Waals surface area contributed by atoms with Crippen LogP contribution >= 0.6 is 0 Å². The molecule has 1 heterocycles. The second-order valence-electron chi connectivity index (χ2n) is 8.32. The number of benzene rings is 1. The predicted octanol–water partition coefficient (Wildman–Crippen LogP) is 1.95. The minimum atomic E-state index is -4.32.